The molecule has 3 N–H and O–H groups in total. The SMILES string of the molecule is COc1ccc(Cn2nnc(C(=O)NCCc3ccccc3)c2N)cc1Br. The van der Waals surface area contributed by atoms with Crippen LogP contribution in [0.25, 0.3) is 0 Å². The van der Waals surface area contributed by atoms with E-state index in [1.54, 1.807) is 7.11 Å². The average Bonchev–Trinajstić information content (AvgIpc) is 3.03. The van der Waals surface area contributed by atoms with Crippen LogP contribution in [0.15, 0.2) is 53.0 Å². The van der Waals surface area contributed by atoms with Crippen molar-refractivity contribution < 1.29 is 9.53 Å². The number of nitrogens with two attached hydrogens (primary N) is 1. The van der Waals surface area contributed by atoms with Crippen LogP contribution >= 0.6 is 15.9 Å². The summed E-state index contributed by atoms with van der Waals surface area (Å²) in [4.78, 5) is 12.3. The van der Waals surface area contributed by atoms with Gasteiger partial charge in [0, 0.05) is 6.54 Å². The lowest BCUT2D eigenvalue weighted by molar-refractivity contribution is 0.0950. The zero-order valence-electron chi connectivity index (χ0n) is 14.9. The van der Waals surface area contributed by atoms with Gasteiger partial charge in [0.2, 0.25) is 0 Å². The standard InChI is InChI=1S/C19H20BrN5O2/c1-27-16-8-7-14(11-15(16)20)12-25-18(21)17(23-24-25)19(26)22-10-9-13-5-3-2-4-6-13/h2-8,11H,9-10,12,21H2,1H3,(H,22,26). The van der Waals surface area contributed by atoms with Gasteiger partial charge in [-0.25, -0.2) is 4.68 Å². The molecule has 0 aliphatic rings. The number of nitrogens with zero attached hydrogens (tertiary/aromatic N) is 3. The molecule has 8 heteroatoms. The van der Waals surface area contributed by atoms with Crippen LogP contribution in [-0.4, -0.2) is 34.6 Å². The van der Waals surface area contributed by atoms with Crippen LogP contribution in [0.5, 0.6) is 5.75 Å². The van der Waals surface area contributed by atoms with Crippen molar-refractivity contribution in [2.24, 2.45) is 0 Å². The highest BCUT2D eigenvalue weighted by Crippen LogP contribution is 2.26. The van der Waals surface area contributed by atoms with Gasteiger partial charge in [0.05, 0.1) is 18.1 Å². The molecule has 1 heterocycles. The Labute approximate surface area is 165 Å². The maximum Gasteiger partial charge on any atom is 0.275 e. The van der Waals surface area contributed by atoms with Gasteiger partial charge in [-0.2, -0.15) is 0 Å². The first kappa shape index (κ1) is 18.9. The Bertz CT molecular complexity index is 927. The van der Waals surface area contributed by atoms with E-state index in [2.05, 4.69) is 31.6 Å². The quantitative estimate of drug-likeness (QED) is 0.601. The minimum Gasteiger partial charge on any atom is -0.496 e. The van der Waals surface area contributed by atoms with Crippen molar-refractivity contribution in [2.75, 3.05) is 19.4 Å². The maximum absolute atomic E-state index is 12.3. The number of carbonyl (C=O) groups excluding carboxylic acids is 1. The molecule has 0 spiro atoms. The molecule has 1 aromatic heterocycles. The van der Waals surface area contributed by atoms with E-state index in [0.29, 0.717) is 13.1 Å². The van der Waals surface area contributed by atoms with Crippen molar-refractivity contribution in [2.45, 2.75) is 13.0 Å². The summed E-state index contributed by atoms with van der Waals surface area (Å²) in [7, 11) is 1.61. The lowest BCUT2D eigenvalue weighted by Gasteiger charge is -2.07. The first-order valence-corrected chi connectivity index (χ1v) is 9.21. The van der Waals surface area contributed by atoms with Crippen LogP contribution in [0.3, 0.4) is 0 Å². The molecule has 3 rings (SSSR count). The van der Waals surface area contributed by atoms with Gasteiger partial charge in [0.1, 0.15) is 5.75 Å². The number of rotatable bonds is 7. The summed E-state index contributed by atoms with van der Waals surface area (Å²) < 4.78 is 7.55. The molecule has 0 radical (unpaired) electrons. The first-order valence-electron chi connectivity index (χ1n) is 8.42. The summed E-state index contributed by atoms with van der Waals surface area (Å²) in [6.07, 6.45) is 0.737. The summed E-state index contributed by atoms with van der Waals surface area (Å²) in [5, 5.41) is 10.8. The van der Waals surface area contributed by atoms with E-state index in [9.17, 15) is 4.79 Å². The Morgan fingerprint density at radius 2 is 2.00 bits per heavy atom. The number of hydrogen-bond donors (Lipinski definition) is 2. The van der Waals surface area contributed by atoms with Gasteiger partial charge in [-0.15, -0.1) is 5.10 Å². The minimum absolute atomic E-state index is 0.135. The van der Waals surface area contributed by atoms with E-state index in [-0.39, 0.29) is 17.4 Å². The molecule has 0 saturated heterocycles. The van der Waals surface area contributed by atoms with E-state index in [1.807, 2.05) is 48.5 Å². The molecule has 0 fully saturated rings. The molecule has 0 atom stereocenters. The number of aromatic nitrogens is 3. The third-order valence-corrected chi connectivity index (χ3v) is 4.70. The largest absolute Gasteiger partial charge is 0.496 e. The fraction of sp³-hybridized carbons (Fsp3) is 0.211. The lowest BCUT2D eigenvalue weighted by Crippen LogP contribution is -2.27. The molecule has 0 aliphatic carbocycles. The number of benzene rings is 2. The number of anilines is 1. The predicted molar refractivity (Wildman–Crippen MR) is 107 cm³/mol. The maximum atomic E-state index is 12.3. The first-order chi connectivity index (χ1) is 13.1. The molecule has 1 amide bonds. The van der Waals surface area contributed by atoms with Gasteiger partial charge in [0.15, 0.2) is 11.5 Å². The number of methoxy groups -OCH3 is 1. The number of ether oxygens (including phenoxy) is 1. The van der Waals surface area contributed by atoms with E-state index in [1.165, 1.54) is 4.68 Å². The van der Waals surface area contributed by atoms with Crippen molar-refractivity contribution >= 4 is 27.7 Å². The second kappa shape index (κ2) is 8.68. The highest BCUT2D eigenvalue weighted by Gasteiger charge is 2.17. The fourth-order valence-electron chi connectivity index (χ4n) is 2.63. The second-order valence-electron chi connectivity index (χ2n) is 5.94. The number of nitrogen functional groups attached to an aromatic ring is 1. The number of nitrogens with one attached hydrogen (secondary N) is 1. The third-order valence-electron chi connectivity index (χ3n) is 4.08. The molecular weight excluding hydrogens is 410 g/mol. The van der Waals surface area contributed by atoms with Crippen LogP contribution in [-0.2, 0) is 13.0 Å². The van der Waals surface area contributed by atoms with Crippen molar-refractivity contribution in [3.63, 3.8) is 0 Å². The Morgan fingerprint density at radius 3 is 2.70 bits per heavy atom. The van der Waals surface area contributed by atoms with Gasteiger partial charge in [0.25, 0.3) is 5.91 Å². The Hall–Kier alpha value is -2.87. The van der Waals surface area contributed by atoms with Gasteiger partial charge in [-0.05, 0) is 45.6 Å². The second-order valence-corrected chi connectivity index (χ2v) is 6.80. The summed E-state index contributed by atoms with van der Waals surface area (Å²) in [6.45, 7) is 0.902. The number of amides is 1. The number of halogens is 1. The monoisotopic (exact) mass is 429 g/mol. The van der Waals surface area contributed by atoms with Crippen molar-refractivity contribution in [1.29, 1.82) is 0 Å². The summed E-state index contributed by atoms with van der Waals surface area (Å²) in [6, 6.07) is 15.6. The Balaban J connectivity index is 1.62. The van der Waals surface area contributed by atoms with Crippen LogP contribution in [0.4, 0.5) is 5.82 Å². The molecule has 3 aromatic rings. The molecular formula is C19H20BrN5O2. The summed E-state index contributed by atoms with van der Waals surface area (Å²) in [5.41, 5.74) is 8.31. The molecule has 140 valence electrons. The third kappa shape index (κ3) is 4.65. The summed E-state index contributed by atoms with van der Waals surface area (Å²) in [5.74, 6) is 0.647. The molecule has 0 unspecified atom stereocenters. The average molecular weight is 430 g/mol. The van der Waals surface area contributed by atoms with Gasteiger partial charge >= 0.3 is 0 Å². The van der Waals surface area contributed by atoms with E-state index >= 15 is 0 Å². The van der Waals surface area contributed by atoms with Crippen LogP contribution in [0.2, 0.25) is 0 Å². The Kier molecular flexibility index (Phi) is 6.08. The van der Waals surface area contributed by atoms with Gasteiger partial charge in [-0.1, -0.05) is 41.6 Å². The summed E-state index contributed by atoms with van der Waals surface area (Å²) >= 11 is 3.45. The smallest absolute Gasteiger partial charge is 0.275 e. The van der Waals surface area contributed by atoms with Crippen LogP contribution in [0, 0.1) is 0 Å². The highest BCUT2D eigenvalue weighted by molar-refractivity contribution is 9.10. The van der Waals surface area contributed by atoms with Gasteiger partial charge in [-0.3, -0.25) is 4.79 Å². The van der Waals surface area contributed by atoms with Crippen LogP contribution in [0.1, 0.15) is 21.6 Å². The molecule has 7 nitrogen and oxygen atoms in total. The van der Waals surface area contributed by atoms with E-state index < -0.39 is 0 Å². The molecule has 0 bridgehead atoms. The van der Waals surface area contributed by atoms with Crippen LogP contribution < -0.4 is 15.8 Å². The van der Waals surface area contributed by atoms with Gasteiger partial charge < -0.3 is 15.8 Å². The normalized spacial score (nSPS) is 10.6. The molecule has 27 heavy (non-hydrogen) atoms. The zero-order chi connectivity index (χ0) is 19.2. The van der Waals surface area contributed by atoms with E-state index in [0.717, 1.165) is 27.8 Å². The van der Waals surface area contributed by atoms with Crippen molar-refractivity contribution in [1.82, 2.24) is 20.3 Å². The Morgan fingerprint density at radius 1 is 1.22 bits per heavy atom. The molecule has 2 aromatic carbocycles. The zero-order valence-corrected chi connectivity index (χ0v) is 16.4. The molecule has 0 aliphatic heterocycles. The lowest BCUT2D eigenvalue weighted by atomic mass is 10.1. The van der Waals surface area contributed by atoms with E-state index in [4.69, 9.17) is 10.5 Å². The fourth-order valence-corrected chi connectivity index (χ4v) is 3.22. The topological polar surface area (TPSA) is 95.1 Å². The number of carbonyl (C=O) groups is 1. The van der Waals surface area contributed by atoms with Crippen molar-refractivity contribution in [3.8, 4) is 5.75 Å². The molecule has 0 saturated carbocycles. The predicted octanol–water partition coefficient (Wildman–Crippen LogP) is 2.65. The number of hydrogen-bond acceptors (Lipinski definition) is 5. The minimum atomic E-state index is -0.328. The van der Waals surface area contributed by atoms with Crippen molar-refractivity contribution in [3.05, 3.63) is 69.8 Å². The highest BCUT2D eigenvalue weighted by atomic mass is 79.9.